The number of amides is 2. The smallest absolute Gasteiger partial charge is 0.325 e. The molecule has 0 saturated carbocycles. The molecule has 0 spiro atoms. The lowest BCUT2D eigenvalue weighted by atomic mass is 10.2. The highest BCUT2D eigenvalue weighted by atomic mass is 35.5. The SMILES string of the molecule is O=C(C[C@H]1SC(=S)NC1=O)Nc1cc(C(F)(F)F)ccc1Cl. The van der Waals surface area contributed by atoms with E-state index in [1.54, 1.807) is 0 Å². The second-order valence-corrected chi connectivity index (χ2v) is 6.61. The number of anilines is 1. The van der Waals surface area contributed by atoms with Gasteiger partial charge in [0.25, 0.3) is 0 Å². The molecule has 4 nitrogen and oxygen atoms in total. The Kier molecular flexibility index (Phi) is 4.98. The number of thiocarbonyl (C=S) groups is 1. The van der Waals surface area contributed by atoms with Crippen molar-refractivity contribution in [2.45, 2.75) is 17.8 Å². The lowest BCUT2D eigenvalue weighted by Crippen LogP contribution is -2.27. The number of carbonyl (C=O) groups excluding carboxylic acids is 2. The van der Waals surface area contributed by atoms with Crippen LogP contribution in [0.1, 0.15) is 12.0 Å². The van der Waals surface area contributed by atoms with E-state index in [9.17, 15) is 22.8 Å². The maximum absolute atomic E-state index is 12.6. The van der Waals surface area contributed by atoms with Gasteiger partial charge >= 0.3 is 6.18 Å². The first-order valence-electron chi connectivity index (χ1n) is 5.85. The molecule has 2 rings (SSSR count). The van der Waals surface area contributed by atoms with Crippen LogP contribution in [0, 0.1) is 0 Å². The molecule has 2 amide bonds. The van der Waals surface area contributed by atoms with Crippen LogP contribution in [0.2, 0.25) is 5.02 Å². The molecule has 0 unspecified atom stereocenters. The van der Waals surface area contributed by atoms with Crippen molar-refractivity contribution in [3.63, 3.8) is 0 Å². The van der Waals surface area contributed by atoms with Gasteiger partial charge in [-0.15, -0.1) is 0 Å². The molecule has 0 aliphatic carbocycles. The van der Waals surface area contributed by atoms with Crippen LogP contribution in [0.15, 0.2) is 18.2 Å². The Morgan fingerprint density at radius 1 is 1.45 bits per heavy atom. The van der Waals surface area contributed by atoms with Crippen LogP contribution < -0.4 is 10.6 Å². The van der Waals surface area contributed by atoms with Crippen LogP contribution >= 0.6 is 35.6 Å². The highest BCUT2D eigenvalue weighted by Crippen LogP contribution is 2.34. The van der Waals surface area contributed by atoms with Crippen molar-refractivity contribution >= 4 is 57.4 Å². The summed E-state index contributed by atoms with van der Waals surface area (Å²) < 4.78 is 38.2. The van der Waals surface area contributed by atoms with E-state index in [4.69, 9.17) is 23.8 Å². The Labute approximate surface area is 137 Å². The second kappa shape index (κ2) is 6.43. The summed E-state index contributed by atoms with van der Waals surface area (Å²) in [6, 6.07) is 2.61. The summed E-state index contributed by atoms with van der Waals surface area (Å²) in [5, 5.41) is 3.93. The Hall–Kier alpha value is -1.32. The molecule has 1 atom stereocenters. The third kappa shape index (κ3) is 4.11. The quantitative estimate of drug-likeness (QED) is 0.804. The van der Waals surface area contributed by atoms with Crippen LogP contribution in [0.3, 0.4) is 0 Å². The van der Waals surface area contributed by atoms with E-state index in [-0.39, 0.29) is 21.5 Å². The number of alkyl halides is 3. The van der Waals surface area contributed by atoms with E-state index in [1.165, 1.54) is 0 Å². The first-order valence-corrected chi connectivity index (χ1v) is 7.51. The van der Waals surface area contributed by atoms with Crippen molar-refractivity contribution in [2.75, 3.05) is 5.32 Å². The maximum Gasteiger partial charge on any atom is 0.416 e. The molecule has 1 aromatic carbocycles. The number of rotatable bonds is 3. The third-order valence-corrected chi connectivity index (χ3v) is 4.41. The fraction of sp³-hybridized carbons (Fsp3) is 0.250. The van der Waals surface area contributed by atoms with Crippen molar-refractivity contribution < 1.29 is 22.8 Å². The van der Waals surface area contributed by atoms with E-state index in [1.807, 2.05) is 0 Å². The predicted molar refractivity (Wildman–Crippen MR) is 81.8 cm³/mol. The Balaban J connectivity index is 2.08. The van der Waals surface area contributed by atoms with Crippen LogP contribution in [0.5, 0.6) is 0 Å². The van der Waals surface area contributed by atoms with Gasteiger partial charge < -0.3 is 10.6 Å². The monoisotopic (exact) mass is 368 g/mol. The normalized spacial score (nSPS) is 18.3. The molecule has 1 aliphatic rings. The van der Waals surface area contributed by atoms with Gasteiger partial charge in [0, 0.05) is 6.42 Å². The van der Waals surface area contributed by atoms with Crippen LogP contribution in [-0.4, -0.2) is 21.4 Å². The third-order valence-electron chi connectivity index (χ3n) is 2.71. The van der Waals surface area contributed by atoms with E-state index in [0.717, 1.165) is 30.0 Å². The summed E-state index contributed by atoms with van der Waals surface area (Å²) in [5.74, 6) is -1.03. The summed E-state index contributed by atoms with van der Waals surface area (Å²) >= 11 is 11.6. The van der Waals surface area contributed by atoms with Crippen molar-refractivity contribution in [3.8, 4) is 0 Å². The first kappa shape index (κ1) is 17.0. The molecule has 0 aromatic heterocycles. The first-order chi connectivity index (χ1) is 10.2. The maximum atomic E-state index is 12.6. The van der Waals surface area contributed by atoms with Gasteiger partial charge in [0.05, 0.1) is 21.5 Å². The summed E-state index contributed by atoms with van der Waals surface area (Å²) in [4.78, 5) is 23.3. The minimum Gasteiger partial charge on any atom is -0.325 e. The molecule has 1 fully saturated rings. The number of halogens is 4. The predicted octanol–water partition coefficient (Wildman–Crippen LogP) is 3.20. The van der Waals surface area contributed by atoms with Crippen molar-refractivity contribution in [2.24, 2.45) is 0 Å². The van der Waals surface area contributed by atoms with Crippen LogP contribution in [0.4, 0.5) is 18.9 Å². The summed E-state index contributed by atoms with van der Waals surface area (Å²) in [6.45, 7) is 0. The topological polar surface area (TPSA) is 58.2 Å². The van der Waals surface area contributed by atoms with Crippen LogP contribution in [-0.2, 0) is 15.8 Å². The zero-order chi connectivity index (χ0) is 16.5. The number of nitrogens with one attached hydrogen (secondary N) is 2. The fourth-order valence-electron chi connectivity index (χ4n) is 1.69. The van der Waals surface area contributed by atoms with E-state index in [0.29, 0.717) is 0 Å². The molecule has 118 valence electrons. The Morgan fingerprint density at radius 3 is 2.68 bits per heavy atom. The van der Waals surface area contributed by atoms with Crippen molar-refractivity contribution in [1.82, 2.24) is 5.32 Å². The highest BCUT2D eigenvalue weighted by Gasteiger charge is 2.32. The minimum atomic E-state index is -4.54. The molecule has 1 saturated heterocycles. The van der Waals surface area contributed by atoms with Gasteiger partial charge in [0.15, 0.2) is 0 Å². The largest absolute Gasteiger partial charge is 0.416 e. The molecule has 10 heteroatoms. The van der Waals surface area contributed by atoms with Gasteiger partial charge in [-0.2, -0.15) is 13.2 Å². The number of benzene rings is 1. The van der Waals surface area contributed by atoms with Crippen molar-refractivity contribution in [3.05, 3.63) is 28.8 Å². The molecule has 22 heavy (non-hydrogen) atoms. The highest BCUT2D eigenvalue weighted by molar-refractivity contribution is 8.24. The van der Waals surface area contributed by atoms with Gasteiger partial charge in [-0.05, 0) is 18.2 Å². The average molecular weight is 369 g/mol. The number of carbonyl (C=O) groups is 2. The standard InChI is InChI=1S/C12H8ClF3N2O2S2/c13-6-2-1-5(12(14,15)16)3-7(6)17-9(19)4-8-10(20)18-11(21)22-8/h1-3,8H,4H2,(H,17,19)(H,18,20,21)/t8-/m1/s1. The van der Waals surface area contributed by atoms with E-state index < -0.39 is 28.8 Å². The molecule has 2 N–H and O–H groups in total. The minimum absolute atomic E-state index is 0.0274. The summed E-state index contributed by atoms with van der Waals surface area (Å²) in [7, 11) is 0. The lowest BCUT2D eigenvalue weighted by Gasteiger charge is -2.12. The zero-order valence-corrected chi connectivity index (χ0v) is 13.1. The van der Waals surface area contributed by atoms with Gasteiger partial charge in [-0.25, -0.2) is 0 Å². The average Bonchev–Trinajstić information content (AvgIpc) is 2.69. The summed E-state index contributed by atoms with van der Waals surface area (Å²) in [6.07, 6.45) is -4.76. The van der Waals surface area contributed by atoms with Crippen molar-refractivity contribution in [1.29, 1.82) is 0 Å². The molecular formula is C12H8ClF3N2O2S2. The molecule has 1 aromatic rings. The van der Waals surface area contributed by atoms with Gasteiger partial charge in [-0.1, -0.05) is 35.6 Å². The number of hydrogen-bond donors (Lipinski definition) is 2. The fourth-order valence-corrected chi connectivity index (χ4v) is 3.13. The molecule has 0 bridgehead atoms. The van der Waals surface area contributed by atoms with Gasteiger partial charge in [-0.3, -0.25) is 9.59 Å². The summed E-state index contributed by atoms with van der Waals surface area (Å²) in [5.41, 5.74) is -1.09. The number of thioether (sulfide) groups is 1. The second-order valence-electron chi connectivity index (χ2n) is 4.33. The van der Waals surface area contributed by atoms with Crippen LogP contribution in [0.25, 0.3) is 0 Å². The van der Waals surface area contributed by atoms with Gasteiger partial charge in [0.2, 0.25) is 11.8 Å². The lowest BCUT2D eigenvalue weighted by molar-refractivity contribution is -0.137. The Bertz CT molecular complexity index is 652. The van der Waals surface area contributed by atoms with Gasteiger partial charge in [0.1, 0.15) is 4.32 Å². The number of hydrogen-bond acceptors (Lipinski definition) is 4. The molecule has 0 radical (unpaired) electrons. The molecular weight excluding hydrogens is 361 g/mol. The zero-order valence-electron chi connectivity index (χ0n) is 10.7. The molecule has 1 aliphatic heterocycles. The van der Waals surface area contributed by atoms with E-state index >= 15 is 0 Å². The Morgan fingerprint density at radius 2 is 2.14 bits per heavy atom. The van der Waals surface area contributed by atoms with E-state index in [2.05, 4.69) is 10.6 Å². The molecule has 1 heterocycles.